The lowest BCUT2D eigenvalue weighted by Gasteiger charge is -2.38. The van der Waals surface area contributed by atoms with Crippen molar-refractivity contribution in [3.63, 3.8) is 0 Å². The van der Waals surface area contributed by atoms with Crippen LogP contribution in [0, 0.1) is 5.92 Å². The first-order chi connectivity index (χ1) is 13.1. The number of H-pyrrole nitrogens is 1. The molecule has 2 heterocycles. The number of nitrogens with zero attached hydrogens (tertiary/aromatic N) is 3. The SMILES string of the molecule is CCCC[C@H](CN(O)C=O)C(=O)N1CCN(c2cccc3[nH]ccc23)CC1. The average molecular weight is 372 g/mol. The molecule has 1 aliphatic rings. The monoisotopic (exact) mass is 372 g/mol. The van der Waals surface area contributed by atoms with E-state index in [2.05, 4.69) is 35.0 Å². The van der Waals surface area contributed by atoms with Gasteiger partial charge in [-0.25, -0.2) is 5.06 Å². The first-order valence-corrected chi connectivity index (χ1v) is 9.64. The van der Waals surface area contributed by atoms with Crippen LogP contribution in [0.1, 0.15) is 26.2 Å². The first kappa shape index (κ1) is 19.2. The first-order valence-electron chi connectivity index (χ1n) is 9.64. The van der Waals surface area contributed by atoms with Gasteiger partial charge >= 0.3 is 0 Å². The standard InChI is InChI=1S/C20H28N4O3/c1-2-3-5-16(14-24(27)15-25)20(26)23-12-10-22(11-13-23)19-7-4-6-18-17(19)8-9-21-18/h4,6-9,15-16,21,27H,2-3,5,10-14H2,1H3/t16-/m1/s1. The molecule has 2 N–H and O–H groups in total. The molecule has 27 heavy (non-hydrogen) atoms. The Balaban J connectivity index is 1.63. The van der Waals surface area contributed by atoms with E-state index in [9.17, 15) is 14.8 Å². The van der Waals surface area contributed by atoms with E-state index in [0.717, 1.165) is 31.4 Å². The molecule has 1 fully saturated rings. The minimum absolute atomic E-state index is 0.0313. The van der Waals surface area contributed by atoms with Gasteiger partial charge < -0.3 is 14.8 Å². The van der Waals surface area contributed by atoms with E-state index < -0.39 is 0 Å². The van der Waals surface area contributed by atoms with Crippen LogP contribution in [-0.2, 0) is 9.59 Å². The zero-order chi connectivity index (χ0) is 19.2. The second kappa shape index (κ2) is 8.90. The summed E-state index contributed by atoms with van der Waals surface area (Å²) < 4.78 is 0. The highest BCUT2D eigenvalue weighted by atomic mass is 16.5. The Morgan fingerprint density at radius 1 is 1.30 bits per heavy atom. The number of hydrogen-bond donors (Lipinski definition) is 2. The molecule has 1 aromatic carbocycles. The Morgan fingerprint density at radius 3 is 2.78 bits per heavy atom. The van der Waals surface area contributed by atoms with Gasteiger partial charge in [0.1, 0.15) is 0 Å². The summed E-state index contributed by atoms with van der Waals surface area (Å²) in [5.74, 6) is -0.316. The van der Waals surface area contributed by atoms with E-state index in [1.54, 1.807) is 0 Å². The number of unbranched alkanes of at least 4 members (excludes halogenated alkanes) is 1. The quantitative estimate of drug-likeness (QED) is 0.424. The van der Waals surface area contributed by atoms with Crippen LogP contribution >= 0.6 is 0 Å². The Bertz CT molecular complexity index is 767. The number of carbonyl (C=O) groups is 2. The van der Waals surface area contributed by atoms with Gasteiger partial charge in [-0.1, -0.05) is 25.8 Å². The van der Waals surface area contributed by atoms with Gasteiger partial charge in [0.05, 0.1) is 12.5 Å². The third kappa shape index (κ3) is 4.42. The molecule has 0 spiro atoms. The highest BCUT2D eigenvalue weighted by Crippen LogP contribution is 2.27. The van der Waals surface area contributed by atoms with Crippen LogP contribution in [0.15, 0.2) is 30.5 Å². The van der Waals surface area contributed by atoms with Gasteiger partial charge in [-0.3, -0.25) is 14.8 Å². The topological polar surface area (TPSA) is 79.9 Å². The molecule has 0 unspecified atom stereocenters. The zero-order valence-electron chi connectivity index (χ0n) is 15.8. The van der Waals surface area contributed by atoms with Crippen molar-refractivity contribution in [2.45, 2.75) is 26.2 Å². The predicted molar refractivity (Wildman–Crippen MR) is 105 cm³/mol. The summed E-state index contributed by atoms with van der Waals surface area (Å²) in [6.45, 7) is 4.97. The summed E-state index contributed by atoms with van der Waals surface area (Å²) in [6, 6.07) is 8.30. The lowest BCUT2D eigenvalue weighted by Crippen LogP contribution is -2.51. The summed E-state index contributed by atoms with van der Waals surface area (Å²) in [5, 5.41) is 11.3. The molecule has 146 valence electrons. The molecule has 7 heteroatoms. The van der Waals surface area contributed by atoms with Crippen molar-refractivity contribution in [2.75, 3.05) is 37.6 Å². The number of aromatic nitrogens is 1. The molecule has 1 aliphatic heterocycles. The molecule has 0 radical (unpaired) electrons. The Kier molecular flexibility index (Phi) is 6.34. The minimum atomic E-state index is -0.347. The lowest BCUT2D eigenvalue weighted by atomic mass is 9.99. The summed E-state index contributed by atoms with van der Waals surface area (Å²) in [4.78, 5) is 31.1. The van der Waals surface area contributed by atoms with Crippen LogP contribution in [0.4, 0.5) is 5.69 Å². The maximum Gasteiger partial charge on any atom is 0.233 e. The van der Waals surface area contributed by atoms with E-state index >= 15 is 0 Å². The average Bonchev–Trinajstić information content (AvgIpc) is 3.19. The van der Waals surface area contributed by atoms with Gasteiger partial charge in [-0.05, 0) is 24.6 Å². The fourth-order valence-electron chi connectivity index (χ4n) is 3.78. The van der Waals surface area contributed by atoms with Crippen LogP contribution < -0.4 is 4.90 Å². The number of rotatable bonds is 8. The van der Waals surface area contributed by atoms with Crippen LogP contribution in [-0.4, -0.2) is 65.2 Å². The number of fused-ring (bicyclic) bond motifs is 1. The van der Waals surface area contributed by atoms with E-state index in [0.29, 0.717) is 31.0 Å². The van der Waals surface area contributed by atoms with Crippen molar-refractivity contribution in [2.24, 2.45) is 5.92 Å². The number of anilines is 1. The number of carbonyl (C=O) groups excluding carboxylic acids is 2. The lowest BCUT2D eigenvalue weighted by molar-refractivity contribution is -0.157. The van der Waals surface area contributed by atoms with Gasteiger partial charge in [0.15, 0.2) is 0 Å². The highest BCUT2D eigenvalue weighted by molar-refractivity contribution is 5.92. The van der Waals surface area contributed by atoms with Crippen LogP contribution in [0.5, 0.6) is 0 Å². The van der Waals surface area contributed by atoms with Gasteiger partial charge in [0.2, 0.25) is 12.3 Å². The molecule has 2 amide bonds. The number of amides is 2. The number of hydroxylamine groups is 2. The number of nitrogens with one attached hydrogen (secondary N) is 1. The molecule has 7 nitrogen and oxygen atoms in total. The molecule has 1 aromatic heterocycles. The van der Waals surface area contributed by atoms with E-state index in [4.69, 9.17) is 0 Å². The largest absolute Gasteiger partial charge is 0.367 e. The third-order valence-corrected chi connectivity index (χ3v) is 5.29. The van der Waals surface area contributed by atoms with E-state index in [1.807, 2.05) is 17.2 Å². The van der Waals surface area contributed by atoms with Crippen molar-refractivity contribution in [3.05, 3.63) is 30.5 Å². The fraction of sp³-hybridized carbons (Fsp3) is 0.500. The van der Waals surface area contributed by atoms with Crippen molar-refractivity contribution in [1.29, 1.82) is 0 Å². The molecule has 1 saturated heterocycles. The second-order valence-corrected chi connectivity index (χ2v) is 7.09. The number of piperazine rings is 1. The molecule has 2 aromatic rings. The molecular weight excluding hydrogens is 344 g/mol. The number of benzene rings is 1. The van der Waals surface area contributed by atoms with Crippen molar-refractivity contribution < 1.29 is 14.8 Å². The molecule has 1 atom stereocenters. The van der Waals surface area contributed by atoms with E-state index in [-0.39, 0.29) is 18.4 Å². The summed E-state index contributed by atoms with van der Waals surface area (Å²) in [5.41, 5.74) is 2.30. The Hall–Kier alpha value is -2.54. The van der Waals surface area contributed by atoms with Crippen molar-refractivity contribution in [1.82, 2.24) is 14.9 Å². The predicted octanol–water partition coefficient (Wildman–Crippen LogP) is 2.47. The molecular formula is C20H28N4O3. The third-order valence-electron chi connectivity index (χ3n) is 5.29. The smallest absolute Gasteiger partial charge is 0.233 e. The number of hydrogen-bond acceptors (Lipinski definition) is 4. The van der Waals surface area contributed by atoms with Crippen molar-refractivity contribution in [3.8, 4) is 0 Å². The molecule has 0 bridgehead atoms. The van der Waals surface area contributed by atoms with Gasteiger partial charge in [-0.2, -0.15) is 0 Å². The normalized spacial score (nSPS) is 15.8. The van der Waals surface area contributed by atoms with Crippen LogP contribution in [0.3, 0.4) is 0 Å². The molecule has 3 rings (SSSR count). The molecule has 0 saturated carbocycles. The van der Waals surface area contributed by atoms with E-state index in [1.165, 1.54) is 11.1 Å². The Labute approximate surface area is 159 Å². The second-order valence-electron chi connectivity index (χ2n) is 7.09. The maximum atomic E-state index is 12.9. The molecule has 0 aliphatic carbocycles. The van der Waals surface area contributed by atoms with Crippen LogP contribution in [0.2, 0.25) is 0 Å². The van der Waals surface area contributed by atoms with Gasteiger partial charge in [-0.15, -0.1) is 0 Å². The summed E-state index contributed by atoms with van der Waals surface area (Å²) >= 11 is 0. The van der Waals surface area contributed by atoms with Crippen LogP contribution in [0.25, 0.3) is 10.9 Å². The summed E-state index contributed by atoms with van der Waals surface area (Å²) in [6.07, 6.45) is 4.87. The number of aromatic amines is 1. The highest BCUT2D eigenvalue weighted by Gasteiger charge is 2.28. The Morgan fingerprint density at radius 2 is 2.07 bits per heavy atom. The zero-order valence-corrected chi connectivity index (χ0v) is 15.8. The maximum absolute atomic E-state index is 12.9. The fourth-order valence-corrected chi connectivity index (χ4v) is 3.78. The van der Waals surface area contributed by atoms with Gasteiger partial charge in [0.25, 0.3) is 0 Å². The summed E-state index contributed by atoms with van der Waals surface area (Å²) in [7, 11) is 0. The van der Waals surface area contributed by atoms with Crippen molar-refractivity contribution >= 4 is 28.9 Å². The van der Waals surface area contributed by atoms with Gasteiger partial charge in [0, 0.05) is 49.0 Å². The minimum Gasteiger partial charge on any atom is -0.367 e.